The van der Waals surface area contributed by atoms with Crippen molar-refractivity contribution in [1.82, 2.24) is 5.32 Å². The van der Waals surface area contributed by atoms with Gasteiger partial charge in [-0.05, 0) is 54.4 Å². The summed E-state index contributed by atoms with van der Waals surface area (Å²) in [5.74, 6) is 2.37. The highest BCUT2D eigenvalue weighted by molar-refractivity contribution is 6.30. The maximum Gasteiger partial charge on any atom is 0.0689 e. The van der Waals surface area contributed by atoms with Crippen LogP contribution >= 0.6 is 11.6 Å². The summed E-state index contributed by atoms with van der Waals surface area (Å²) in [6, 6.07) is 9.16. The lowest BCUT2D eigenvalue weighted by atomic mass is 9.53. The van der Waals surface area contributed by atoms with E-state index in [2.05, 4.69) is 23.5 Å². The van der Waals surface area contributed by atoms with Gasteiger partial charge in [-0.1, -0.05) is 42.7 Å². The van der Waals surface area contributed by atoms with Gasteiger partial charge in [-0.15, -0.1) is 0 Å². The lowest BCUT2D eigenvalue weighted by Crippen LogP contribution is -2.58. The van der Waals surface area contributed by atoms with Crippen molar-refractivity contribution in [2.45, 2.75) is 44.1 Å². The fourth-order valence-corrected chi connectivity index (χ4v) is 4.99. The molecule has 2 aliphatic carbocycles. The number of rotatable bonds is 4. The molecular weight excluding hydrogens is 306 g/mol. The number of benzene rings is 1. The van der Waals surface area contributed by atoms with Crippen LogP contribution in [0.15, 0.2) is 35.9 Å². The van der Waals surface area contributed by atoms with Gasteiger partial charge in [0.15, 0.2) is 0 Å². The molecule has 0 aromatic heterocycles. The molecule has 1 aromatic rings. The zero-order valence-electron chi connectivity index (χ0n) is 13.6. The standard InChI is InChI=1S/C20H26ClNO/c21-16-9-7-15(8-10-16)19-17-5-1-2-6-18(17)20(19)22-12-14-4-3-11-23-13-14/h4,7-10,17-20,22H,1-3,5-6,11-13H2/t17?,18?,19-,20-/m0/s1. The van der Waals surface area contributed by atoms with E-state index in [1.807, 2.05) is 12.1 Å². The van der Waals surface area contributed by atoms with Gasteiger partial charge < -0.3 is 10.1 Å². The largest absolute Gasteiger partial charge is 0.377 e. The molecule has 0 radical (unpaired) electrons. The van der Waals surface area contributed by atoms with Crippen molar-refractivity contribution in [2.24, 2.45) is 11.8 Å². The van der Waals surface area contributed by atoms with Crippen LogP contribution in [0.25, 0.3) is 0 Å². The molecule has 0 spiro atoms. The number of fused-ring (bicyclic) bond motifs is 1. The Bertz CT molecular complexity index is 568. The second kappa shape index (κ2) is 6.96. The molecule has 4 atom stereocenters. The van der Waals surface area contributed by atoms with Crippen molar-refractivity contribution in [3.05, 3.63) is 46.5 Å². The molecule has 0 amide bonds. The van der Waals surface area contributed by atoms with Gasteiger partial charge in [-0.3, -0.25) is 0 Å². The SMILES string of the molecule is Clc1ccc([C@H]2C3CCCCC3[C@@H]2NCC2=CCCOC2)cc1. The first-order valence-corrected chi connectivity index (χ1v) is 9.45. The van der Waals surface area contributed by atoms with E-state index in [-0.39, 0.29) is 0 Å². The predicted octanol–water partition coefficient (Wildman–Crippen LogP) is 4.55. The van der Waals surface area contributed by atoms with Gasteiger partial charge in [0, 0.05) is 23.5 Å². The summed E-state index contributed by atoms with van der Waals surface area (Å²) >= 11 is 6.08. The molecule has 3 heteroatoms. The normalized spacial score (nSPS) is 33.5. The Kier molecular flexibility index (Phi) is 4.75. The van der Waals surface area contributed by atoms with E-state index >= 15 is 0 Å². The molecule has 2 unspecified atom stereocenters. The van der Waals surface area contributed by atoms with E-state index < -0.39 is 0 Å². The molecule has 2 nitrogen and oxygen atoms in total. The fraction of sp³-hybridized carbons (Fsp3) is 0.600. The molecule has 2 saturated carbocycles. The van der Waals surface area contributed by atoms with E-state index in [1.165, 1.54) is 36.8 Å². The minimum absolute atomic E-state index is 0.615. The minimum Gasteiger partial charge on any atom is -0.377 e. The van der Waals surface area contributed by atoms with Crippen LogP contribution in [-0.2, 0) is 4.74 Å². The van der Waals surface area contributed by atoms with Crippen LogP contribution in [0.4, 0.5) is 0 Å². The van der Waals surface area contributed by atoms with E-state index in [0.717, 1.165) is 43.0 Å². The van der Waals surface area contributed by atoms with Crippen LogP contribution in [0.2, 0.25) is 5.02 Å². The van der Waals surface area contributed by atoms with Gasteiger partial charge in [0.25, 0.3) is 0 Å². The third-order valence-corrected chi connectivity index (χ3v) is 6.24. The summed E-state index contributed by atoms with van der Waals surface area (Å²) in [4.78, 5) is 0. The summed E-state index contributed by atoms with van der Waals surface area (Å²) in [5.41, 5.74) is 2.88. The van der Waals surface area contributed by atoms with Crippen molar-refractivity contribution in [3.63, 3.8) is 0 Å². The van der Waals surface area contributed by atoms with Crippen LogP contribution in [0, 0.1) is 11.8 Å². The van der Waals surface area contributed by atoms with Crippen molar-refractivity contribution >= 4 is 11.6 Å². The highest BCUT2D eigenvalue weighted by Crippen LogP contribution is 2.54. The molecule has 1 heterocycles. The summed E-state index contributed by atoms with van der Waals surface area (Å²) in [6.07, 6.45) is 9.00. The third kappa shape index (κ3) is 3.22. The Morgan fingerprint density at radius 3 is 2.61 bits per heavy atom. The summed E-state index contributed by atoms with van der Waals surface area (Å²) in [5, 5.41) is 4.71. The average Bonchev–Trinajstić information content (AvgIpc) is 2.59. The zero-order valence-corrected chi connectivity index (χ0v) is 14.4. The quantitative estimate of drug-likeness (QED) is 0.817. The fourth-order valence-electron chi connectivity index (χ4n) is 4.87. The minimum atomic E-state index is 0.615. The van der Waals surface area contributed by atoms with Gasteiger partial charge in [-0.25, -0.2) is 0 Å². The highest BCUT2D eigenvalue weighted by atomic mass is 35.5. The van der Waals surface area contributed by atoms with Gasteiger partial charge in [0.1, 0.15) is 0 Å². The lowest BCUT2D eigenvalue weighted by Gasteiger charge is -2.55. The topological polar surface area (TPSA) is 21.3 Å². The maximum atomic E-state index is 6.08. The van der Waals surface area contributed by atoms with Crippen LogP contribution in [-0.4, -0.2) is 25.8 Å². The van der Waals surface area contributed by atoms with Gasteiger partial charge in [0.2, 0.25) is 0 Å². The average molecular weight is 332 g/mol. The van der Waals surface area contributed by atoms with E-state index in [9.17, 15) is 0 Å². The molecule has 23 heavy (non-hydrogen) atoms. The molecule has 3 aliphatic rings. The molecule has 1 aromatic carbocycles. The highest BCUT2D eigenvalue weighted by Gasteiger charge is 2.50. The number of halogens is 1. The second-order valence-electron chi connectivity index (χ2n) is 7.30. The second-order valence-corrected chi connectivity index (χ2v) is 7.74. The Hall–Kier alpha value is -0.830. The molecule has 0 saturated heterocycles. The van der Waals surface area contributed by atoms with E-state index in [1.54, 1.807) is 0 Å². The van der Waals surface area contributed by atoms with E-state index in [0.29, 0.717) is 12.0 Å². The molecule has 0 bridgehead atoms. The molecule has 1 aliphatic heterocycles. The van der Waals surface area contributed by atoms with Crippen molar-refractivity contribution in [2.75, 3.05) is 19.8 Å². The molecule has 124 valence electrons. The third-order valence-electron chi connectivity index (χ3n) is 5.99. The van der Waals surface area contributed by atoms with Gasteiger partial charge in [-0.2, -0.15) is 0 Å². The van der Waals surface area contributed by atoms with Crippen LogP contribution in [0.3, 0.4) is 0 Å². The Labute approximate surface area is 144 Å². The Balaban J connectivity index is 1.48. The van der Waals surface area contributed by atoms with Gasteiger partial charge >= 0.3 is 0 Å². The lowest BCUT2D eigenvalue weighted by molar-refractivity contribution is 0.0272. The zero-order chi connectivity index (χ0) is 15.6. The Morgan fingerprint density at radius 1 is 1.09 bits per heavy atom. The van der Waals surface area contributed by atoms with Gasteiger partial charge in [0.05, 0.1) is 13.2 Å². The predicted molar refractivity (Wildman–Crippen MR) is 95.0 cm³/mol. The molecule has 2 fully saturated rings. The summed E-state index contributed by atoms with van der Waals surface area (Å²) < 4.78 is 5.57. The van der Waals surface area contributed by atoms with Crippen molar-refractivity contribution < 1.29 is 4.74 Å². The monoisotopic (exact) mass is 331 g/mol. The molecular formula is C20H26ClNO. The molecule has 4 rings (SSSR count). The number of hydrogen-bond acceptors (Lipinski definition) is 2. The Morgan fingerprint density at radius 2 is 1.87 bits per heavy atom. The first-order valence-electron chi connectivity index (χ1n) is 9.07. The summed E-state index contributed by atoms with van der Waals surface area (Å²) in [7, 11) is 0. The molecule has 1 N–H and O–H groups in total. The first-order chi connectivity index (χ1) is 11.3. The number of hydrogen-bond donors (Lipinski definition) is 1. The van der Waals surface area contributed by atoms with Crippen LogP contribution in [0.1, 0.15) is 43.6 Å². The smallest absolute Gasteiger partial charge is 0.0689 e. The van der Waals surface area contributed by atoms with E-state index in [4.69, 9.17) is 16.3 Å². The van der Waals surface area contributed by atoms with Crippen LogP contribution < -0.4 is 5.32 Å². The number of ether oxygens (including phenoxy) is 1. The first kappa shape index (κ1) is 15.7. The van der Waals surface area contributed by atoms with Crippen LogP contribution in [0.5, 0.6) is 0 Å². The van der Waals surface area contributed by atoms with Crippen molar-refractivity contribution in [1.29, 1.82) is 0 Å². The maximum absolute atomic E-state index is 6.08. The summed E-state index contributed by atoms with van der Waals surface area (Å²) in [6.45, 7) is 2.67. The van der Waals surface area contributed by atoms with Crippen molar-refractivity contribution in [3.8, 4) is 0 Å². The number of nitrogens with one attached hydrogen (secondary N) is 1.